The monoisotopic (exact) mass is 510 g/mol. The number of likely N-dealkylation sites (N-methyl/N-ethyl adjacent to an activating group) is 1. The van der Waals surface area contributed by atoms with E-state index in [0.29, 0.717) is 26.2 Å². The van der Waals surface area contributed by atoms with Gasteiger partial charge in [0.15, 0.2) is 0 Å². The van der Waals surface area contributed by atoms with Gasteiger partial charge < -0.3 is 24.9 Å². The van der Waals surface area contributed by atoms with E-state index in [1.165, 1.54) is 12.4 Å². The van der Waals surface area contributed by atoms with E-state index in [1.54, 1.807) is 0 Å². The van der Waals surface area contributed by atoms with Gasteiger partial charge in [0, 0.05) is 70.2 Å². The van der Waals surface area contributed by atoms with Crippen LogP contribution in [0.1, 0.15) is 28.8 Å². The molecule has 5 heterocycles. The molecule has 0 bridgehead atoms. The highest BCUT2D eigenvalue weighted by molar-refractivity contribution is 7.17. The molecule has 0 radical (unpaired) electrons. The first-order valence-electron chi connectivity index (χ1n) is 11.8. The van der Waals surface area contributed by atoms with E-state index in [9.17, 15) is 22.8 Å². The number of rotatable bonds is 2. The van der Waals surface area contributed by atoms with Crippen molar-refractivity contribution in [1.29, 1.82) is 0 Å². The van der Waals surface area contributed by atoms with Crippen molar-refractivity contribution in [1.82, 2.24) is 25.0 Å². The maximum absolute atomic E-state index is 13.9. The van der Waals surface area contributed by atoms with Crippen LogP contribution in [0.15, 0.2) is 11.4 Å². The SMILES string of the molecule is CNC(=O)c1csc2c(C(F)(F)F)cc(N3CCC4(CC3)CN(C(=O)N3CCN(C)CC3)C4)nc12. The number of piperidine rings is 1. The van der Waals surface area contributed by atoms with Gasteiger partial charge in [0.25, 0.3) is 5.91 Å². The van der Waals surface area contributed by atoms with Gasteiger partial charge in [-0.15, -0.1) is 11.3 Å². The van der Waals surface area contributed by atoms with E-state index in [-0.39, 0.29) is 33.0 Å². The second-order valence-corrected chi connectivity index (χ2v) is 10.7. The lowest BCUT2D eigenvalue weighted by Crippen LogP contribution is -2.65. The predicted molar refractivity (Wildman–Crippen MR) is 128 cm³/mol. The lowest BCUT2D eigenvalue weighted by Gasteiger charge is -2.55. The van der Waals surface area contributed by atoms with Crippen molar-refractivity contribution >= 4 is 39.3 Å². The molecule has 0 unspecified atom stereocenters. The summed E-state index contributed by atoms with van der Waals surface area (Å²) in [6, 6.07) is 1.20. The molecule has 12 heteroatoms. The number of aromatic nitrogens is 1. The Morgan fingerprint density at radius 3 is 2.31 bits per heavy atom. The number of amides is 3. The summed E-state index contributed by atoms with van der Waals surface area (Å²) in [5.41, 5.74) is -0.492. The minimum Gasteiger partial charge on any atom is -0.357 e. The summed E-state index contributed by atoms with van der Waals surface area (Å²) in [6.07, 6.45) is -2.98. The lowest BCUT2D eigenvalue weighted by molar-refractivity contribution is -0.136. The molecular weight excluding hydrogens is 481 g/mol. The molecule has 8 nitrogen and oxygen atoms in total. The van der Waals surface area contributed by atoms with Crippen LogP contribution < -0.4 is 10.2 Å². The van der Waals surface area contributed by atoms with Gasteiger partial charge in [0.05, 0.1) is 21.3 Å². The summed E-state index contributed by atoms with van der Waals surface area (Å²) in [6.45, 7) is 5.74. The Balaban J connectivity index is 1.29. The minimum absolute atomic E-state index is 0.0192. The average Bonchev–Trinajstić information content (AvgIpc) is 3.25. The van der Waals surface area contributed by atoms with Crippen LogP contribution in [0.3, 0.4) is 0 Å². The van der Waals surface area contributed by atoms with Crippen LogP contribution in [-0.4, -0.2) is 98.1 Å². The highest BCUT2D eigenvalue weighted by Crippen LogP contribution is 2.44. The van der Waals surface area contributed by atoms with Gasteiger partial charge in [-0.05, 0) is 26.0 Å². The Morgan fingerprint density at radius 1 is 1.06 bits per heavy atom. The van der Waals surface area contributed by atoms with E-state index in [4.69, 9.17) is 0 Å². The predicted octanol–water partition coefficient (Wildman–Crippen LogP) is 2.94. The Morgan fingerprint density at radius 2 is 1.71 bits per heavy atom. The molecule has 3 saturated heterocycles. The highest BCUT2D eigenvalue weighted by Gasteiger charge is 2.48. The van der Waals surface area contributed by atoms with E-state index in [2.05, 4.69) is 22.2 Å². The number of nitrogens with one attached hydrogen (secondary N) is 1. The van der Waals surface area contributed by atoms with Crippen LogP contribution in [0, 0.1) is 5.41 Å². The van der Waals surface area contributed by atoms with Crippen LogP contribution >= 0.6 is 11.3 Å². The van der Waals surface area contributed by atoms with Crippen molar-refractivity contribution < 1.29 is 22.8 Å². The number of fused-ring (bicyclic) bond motifs is 1. The largest absolute Gasteiger partial charge is 0.417 e. The number of nitrogens with zero attached hydrogens (tertiary/aromatic N) is 5. The Kier molecular flexibility index (Phi) is 6.07. The van der Waals surface area contributed by atoms with Gasteiger partial charge >= 0.3 is 12.2 Å². The molecule has 0 saturated carbocycles. The minimum atomic E-state index is -4.55. The Labute approximate surface area is 205 Å². The third kappa shape index (κ3) is 4.42. The molecule has 3 aliphatic rings. The maximum atomic E-state index is 13.9. The number of alkyl halides is 3. The number of pyridine rings is 1. The van der Waals surface area contributed by atoms with Crippen LogP contribution in [0.4, 0.5) is 23.8 Å². The lowest BCUT2D eigenvalue weighted by atomic mass is 9.72. The van der Waals surface area contributed by atoms with Crippen LogP contribution in [-0.2, 0) is 6.18 Å². The number of likely N-dealkylation sites (tertiary alicyclic amines) is 1. The summed E-state index contributed by atoms with van der Waals surface area (Å²) in [5.74, 6) is -0.209. The van der Waals surface area contributed by atoms with Gasteiger partial charge in [0.2, 0.25) is 0 Å². The van der Waals surface area contributed by atoms with Crippen molar-refractivity contribution in [2.24, 2.45) is 5.41 Å². The number of hydrogen-bond acceptors (Lipinski definition) is 6. The van der Waals surface area contributed by atoms with Crippen LogP contribution in [0.5, 0.6) is 0 Å². The first kappa shape index (κ1) is 24.1. The summed E-state index contributed by atoms with van der Waals surface area (Å²) in [4.78, 5) is 37.4. The third-order valence-electron chi connectivity index (χ3n) is 7.53. The van der Waals surface area contributed by atoms with Gasteiger partial charge in [-0.1, -0.05) is 0 Å². The van der Waals surface area contributed by atoms with Crippen molar-refractivity contribution in [2.75, 3.05) is 71.4 Å². The molecule has 3 amide bonds. The molecule has 2 aromatic rings. The number of anilines is 1. The standard InChI is InChI=1S/C23H29F3N6O2S/c1-27-20(33)15-12-35-19-16(23(24,25)26)11-17(28-18(15)19)30-5-3-22(4-6-30)13-32(14-22)21(34)31-9-7-29(2)8-10-31/h11-12H,3-10,13-14H2,1-2H3,(H,27,33). The zero-order chi connectivity index (χ0) is 25.0. The van der Waals surface area contributed by atoms with Crippen LogP contribution in [0.2, 0.25) is 0 Å². The van der Waals surface area contributed by atoms with Crippen molar-refractivity contribution in [3.8, 4) is 0 Å². The fourth-order valence-corrected chi connectivity index (χ4v) is 6.31. The number of carbonyl (C=O) groups excluding carboxylic acids is 2. The fourth-order valence-electron chi connectivity index (χ4n) is 5.29. The molecule has 0 atom stereocenters. The zero-order valence-corrected chi connectivity index (χ0v) is 20.6. The molecule has 1 spiro atoms. The third-order valence-corrected chi connectivity index (χ3v) is 8.53. The number of carbonyl (C=O) groups is 2. The summed E-state index contributed by atoms with van der Waals surface area (Å²) < 4.78 is 41.5. The number of urea groups is 1. The van der Waals surface area contributed by atoms with Gasteiger partial charge in [-0.2, -0.15) is 13.2 Å². The first-order chi connectivity index (χ1) is 16.6. The fraction of sp³-hybridized carbons (Fsp3) is 0.609. The number of piperazine rings is 1. The smallest absolute Gasteiger partial charge is 0.357 e. The Bertz CT molecular complexity index is 1130. The molecule has 35 heavy (non-hydrogen) atoms. The van der Waals surface area contributed by atoms with Crippen LogP contribution in [0.25, 0.3) is 10.2 Å². The summed E-state index contributed by atoms with van der Waals surface area (Å²) in [5, 5.41) is 3.91. The molecule has 3 fully saturated rings. The number of halogens is 3. The van der Waals surface area contributed by atoms with E-state index in [1.807, 2.05) is 14.7 Å². The molecule has 0 aliphatic carbocycles. The number of hydrogen-bond donors (Lipinski definition) is 1. The second-order valence-electron chi connectivity index (χ2n) is 9.85. The molecule has 2 aromatic heterocycles. The molecular formula is C23H29F3N6O2S. The molecule has 190 valence electrons. The van der Waals surface area contributed by atoms with Gasteiger partial charge in [0.1, 0.15) is 5.82 Å². The van der Waals surface area contributed by atoms with Crippen molar-refractivity contribution in [3.63, 3.8) is 0 Å². The molecule has 5 rings (SSSR count). The van der Waals surface area contributed by atoms with E-state index >= 15 is 0 Å². The molecule has 3 aliphatic heterocycles. The summed E-state index contributed by atoms with van der Waals surface area (Å²) in [7, 11) is 3.50. The quantitative estimate of drug-likeness (QED) is 0.673. The van der Waals surface area contributed by atoms with E-state index in [0.717, 1.165) is 56.4 Å². The van der Waals surface area contributed by atoms with E-state index < -0.39 is 17.6 Å². The topological polar surface area (TPSA) is 72.0 Å². The van der Waals surface area contributed by atoms with Crippen molar-refractivity contribution in [2.45, 2.75) is 19.0 Å². The first-order valence-corrected chi connectivity index (χ1v) is 12.7. The summed E-state index contributed by atoms with van der Waals surface area (Å²) >= 11 is 0.888. The van der Waals surface area contributed by atoms with Crippen molar-refractivity contribution in [3.05, 3.63) is 22.6 Å². The number of thiophene rings is 1. The maximum Gasteiger partial charge on any atom is 0.417 e. The van der Waals surface area contributed by atoms with Gasteiger partial charge in [-0.3, -0.25) is 4.79 Å². The zero-order valence-electron chi connectivity index (χ0n) is 19.8. The van der Waals surface area contributed by atoms with Gasteiger partial charge in [-0.25, -0.2) is 9.78 Å². The molecule has 1 N–H and O–H groups in total. The highest BCUT2D eigenvalue weighted by atomic mass is 32.1. The normalized spacial score (nSPS) is 20.9. The second kappa shape index (κ2) is 8.81. The average molecular weight is 511 g/mol. The molecule has 0 aromatic carbocycles. The Hall–Kier alpha value is -2.60.